The number of carbonyl (C=O) groups excluding carboxylic acids is 1. The molecule has 2 amide bonds. The van der Waals surface area contributed by atoms with Crippen molar-refractivity contribution in [3.63, 3.8) is 0 Å². The highest BCUT2D eigenvalue weighted by atomic mass is 32.2. The molecule has 0 radical (unpaired) electrons. The molecular weight excluding hydrogens is 322 g/mol. The number of nitrogens with zero attached hydrogens (tertiary/aromatic N) is 3. The Hall–Kier alpha value is -2.54. The molecule has 1 aromatic carbocycles. The van der Waals surface area contributed by atoms with Crippen molar-refractivity contribution < 1.29 is 4.79 Å². The van der Waals surface area contributed by atoms with Gasteiger partial charge in [-0.2, -0.15) is 11.8 Å². The summed E-state index contributed by atoms with van der Waals surface area (Å²) in [7, 11) is 0. The van der Waals surface area contributed by atoms with E-state index in [9.17, 15) is 4.79 Å². The molecule has 0 saturated heterocycles. The van der Waals surface area contributed by atoms with Gasteiger partial charge in [-0.15, -0.1) is 10.2 Å². The van der Waals surface area contributed by atoms with Crippen LogP contribution in [0.2, 0.25) is 0 Å². The van der Waals surface area contributed by atoms with Crippen molar-refractivity contribution in [2.24, 2.45) is 0 Å². The molecule has 3 aromatic rings. The Morgan fingerprint density at radius 1 is 1.17 bits per heavy atom. The molecule has 0 unspecified atom stereocenters. The number of benzene rings is 1. The number of urea groups is 1. The average Bonchev–Trinajstić information content (AvgIpc) is 3.03. The number of para-hydroxylation sites is 1. The van der Waals surface area contributed by atoms with Crippen molar-refractivity contribution in [2.75, 3.05) is 17.3 Å². The minimum Gasteiger partial charge on any atom is -0.328 e. The molecule has 3 rings (SSSR count). The molecule has 0 bridgehead atoms. The molecule has 0 fully saturated rings. The lowest BCUT2D eigenvalue weighted by atomic mass is 10.2. The van der Waals surface area contributed by atoms with Gasteiger partial charge in [0.05, 0.1) is 6.04 Å². The summed E-state index contributed by atoms with van der Waals surface area (Å²) in [6, 6.07) is 14.7. The summed E-state index contributed by atoms with van der Waals surface area (Å²) >= 11 is 1.73. The van der Waals surface area contributed by atoms with E-state index < -0.39 is 0 Å². The van der Waals surface area contributed by atoms with E-state index >= 15 is 0 Å². The molecule has 24 heavy (non-hydrogen) atoms. The third kappa shape index (κ3) is 3.86. The Bertz CT molecular complexity index is 805. The van der Waals surface area contributed by atoms with Gasteiger partial charge in [-0.3, -0.25) is 4.40 Å². The molecule has 0 spiro atoms. The highest BCUT2D eigenvalue weighted by Gasteiger charge is 2.20. The summed E-state index contributed by atoms with van der Waals surface area (Å²) in [6.45, 7) is 0. The van der Waals surface area contributed by atoms with Gasteiger partial charge in [-0.1, -0.05) is 24.3 Å². The maximum Gasteiger partial charge on any atom is 0.319 e. The SMILES string of the molecule is CSCC[C@H](NC(=O)Nc1ccccc1)c1nnc2ccccn12. The van der Waals surface area contributed by atoms with E-state index in [4.69, 9.17) is 0 Å². The third-order valence-corrected chi connectivity index (χ3v) is 4.24. The van der Waals surface area contributed by atoms with E-state index in [1.165, 1.54) is 0 Å². The highest BCUT2D eigenvalue weighted by Crippen LogP contribution is 2.18. The lowest BCUT2D eigenvalue weighted by Crippen LogP contribution is -2.34. The van der Waals surface area contributed by atoms with Crippen molar-refractivity contribution in [3.05, 3.63) is 60.6 Å². The molecule has 2 heterocycles. The van der Waals surface area contributed by atoms with Gasteiger partial charge < -0.3 is 10.6 Å². The molecule has 6 nitrogen and oxygen atoms in total. The molecule has 2 aromatic heterocycles. The maximum atomic E-state index is 12.3. The molecular formula is C17H19N5OS. The monoisotopic (exact) mass is 341 g/mol. The number of thioether (sulfide) groups is 1. The largest absolute Gasteiger partial charge is 0.328 e. The number of hydrogen-bond donors (Lipinski definition) is 2. The van der Waals surface area contributed by atoms with Gasteiger partial charge in [-0.25, -0.2) is 4.79 Å². The Morgan fingerprint density at radius 3 is 2.75 bits per heavy atom. The average molecular weight is 341 g/mol. The normalized spacial score (nSPS) is 12.0. The Morgan fingerprint density at radius 2 is 1.96 bits per heavy atom. The van der Waals surface area contributed by atoms with Crippen molar-refractivity contribution in [1.29, 1.82) is 0 Å². The molecule has 2 N–H and O–H groups in total. The fourth-order valence-corrected chi connectivity index (χ4v) is 2.92. The van der Waals surface area contributed by atoms with Crippen LogP contribution in [-0.4, -0.2) is 32.6 Å². The topological polar surface area (TPSA) is 71.3 Å². The summed E-state index contributed by atoms with van der Waals surface area (Å²) in [5.41, 5.74) is 1.52. The highest BCUT2D eigenvalue weighted by molar-refractivity contribution is 7.98. The number of anilines is 1. The minimum absolute atomic E-state index is 0.210. The van der Waals surface area contributed by atoms with Crippen LogP contribution < -0.4 is 10.6 Å². The third-order valence-electron chi connectivity index (χ3n) is 3.60. The van der Waals surface area contributed by atoms with Crippen molar-refractivity contribution in [1.82, 2.24) is 19.9 Å². The van der Waals surface area contributed by atoms with Crippen LogP contribution in [0, 0.1) is 0 Å². The number of aromatic nitrogens is 3. The first-order chi connectivity index (χ1) is 11.8. The lowest BCUT2D eigenvalue weighted by Gasteiger charge is -2.17. The molecule has 7 heteroatoms. The van der Waals surface area contributed by atoms with Crippen molar-refractivity contribution in [3.8, 4) is 0 Å². The number of amides is 2. The second kappa shape index (κ2) is 7.83. The van der Waals surface area contributed by atoms with Gasteiger partial charge in [0.25, 0.3) is 0 Å². The van der Waals surface area contributed by atoms with Gasteiger partial charge in [0.2, 0.25) is 0 Å². The summed E-state index contributed by atoms with van der Waals surface area (Å²) in [5.74, 6) is 1.65. The van der Waals surface area contributed by atoms with Gasteiger partial charge >= 0.3 is 6.03 Å². The van der Waals surface area contributed by atoms with E-state index in [1.54, 1.807) is 11.8 Å². The summed E-state index contributed by atoms with van der Waals surface area (Å²) in [6.07, 6.45) is 4.73. The van der Waals surface area contributed by atoms with Crippen LogP contribution in [0.5, 0.6) is 0 Å². The Labute approximate surface area is 144 Å². The van der Waals surface area contributed by atoms with Crippen LogP contribution in [0.4, 0.5) is 10.5 Å². The van der Waals surface area contributed by atoms with E-state index in [0.717, 1.165) is 29.3 Å². The lowest BCUT2D eigenvalue weighted by molar-refractivity contribution is 0.247. The first-order valence-corrected chi connectivity index (χ1v) is 9.08. The predicted molar refractivity (Wildman–Crippen MR) is 97.3 cm³/mol. The zero-order chi connectivity index (χ0) is 16.8. The zero-order valence-electron chi connectivity index (χ0n) is 13.3. The zero-order valence-corrected chi connectivity index (χ0v) is 14.2. The molecule has 1 atom stereocenters. The van der Waals surface area contributed by atoms with Crippen LogP contribution in [0.15, 0.2) is 54.7 Å². The summed E-state index contributed by atoms with van der Waals surface area (Å²) < 4.78 is 1.91. The number of hydrogen-bond acceptors (Lipinski definition) is 4. The number of rotatable bonds is 6. The van der Waals surface area contributed by atoms with Crippen molar-refractivity contribution in [2.45, 2.75) is 12.5 Å². The molecule has 0 aliphatic heterocycles. The van der Waals surface area contributed by atoms with E-state index in [-0.39, 0.29) is 12.1 Å². The van der Waals surface area contributed by atoms with E-state index in [2.05, 4.69) is 20.8 Å². The first kappa shape index (κ1) is 16.3. The molecule has 0 saturated carbocycles. The van der Waals surface area contributed by atoms with Gasteiger partial charge in [0.15, 0.2) is 11.5 Å². The van der Waals surface area contributed by atoms with Crippen molar-refractivity contribution >= 4 is 29.1 Å². The first-order valence-electron chi connectivity index (χ1n) is 7.69. The Balaban J connectivity index is 1.77. The maximum absolute atomic E-state index is 12.3. The molecule has 124 valence electrons. The molecule has 0 aliphatic rings. The standard InChI is InChI=1S/C17H19N5OS/c1-24-12-10-14(16-21-20-15-9-5-6-11-22(15)16)19-17(23)18-13-7-3-2-4-8-13/h2-9,11,14H,10,12H2,1H3,(H2,18,19,23)/t14-/m0/s1. The fourth-order valence-electron chi connectivity index (χ4n) is 2.45. The van der Waals surface area contributed by atoms with Crippen LogP contribution in [0.25, 0.3) is 5.65 Å². The second-order valence-electron chi connectivity index (χ2n) is 5.29. The number of carbonyl (C=O) groups is 1. The quantitative estimate of drug-likeness (QED) is 0.721. The van der Waals surface area contributed by atoms with Crippen LogP contribution in [0.1, 0.15) is 18.3 Å². The summed E-state index contributed by atoms with van der Waals surface area (Å²) in [5, 5.41) is 14.3. The van der Waals surface area contributed by atoms with Gasteiger partial charge in [0, 0.05) is 11.9 Å². The van der Waals surface area contributed by atoms with Gasteiger partial charge in [-0.05, 0) is 42.7 Å². The van der Waals surface area contributed by atoms with Crippen LogP contribution >= 0.6 is 11.8 Å². The van der Waals surface area contributed by atoms with Crippen LogP contribution in [0.3, 0.4) is 0 Å². The van der Waals surface area contributed by atoms with E-state index in [0.29, 0.717) is 0 Å². The number of fused-ring (bicyclic) bond motifs is 1. The Kier molecular flexibility index (Phi) is 5.32. The summed E-state index contributed by atoms with van der Waals surface area (Å²) in [4.78, 5) is 12.3. The molecule has 0 aliphatic carbocycles. The smallest absolute Gasteiger partial charge is 0.319 e. The van der Waals surface area contributed by atoms with Gasteiger partial charge in [0.1, 0.15) is 0 Å². The second-order valence-corrected chi connectivity index (χ2v) is 6.27. The number of pyridine rings is 1. The minimum atomic E-state index is -0.250. The number of nitrogens with one attached hydrogen (secondary N) is 2. The van der Waals surface area contributed by atoms with Crippen LogP contribution in [-0.2, 0) is 0 Å². The predicted octanol–water partition coefficient (Wildman–Crippen LogP) is 3.35. The van der Waals surface area contributed by atoms with E-state index in [1.807, 2.05) is 65.4 Å². The fraction of sp³-hybridized carbons (Fsp3) is 0.235.